The first-order valence-electron chi connectivity index (χ1n) is 10.1. The number of carbonyl (C=O) groups is 1. The summed E-state index contributed by atoms with van der Waals surface area (Å²) in [6, 6.07) is 13.7. The van der Waals surface area contributed by atoms with Crippen molar-refractivity contribution in [1.82, 2.24) is 10.2 Å². The number of aliphatic imine (C=N–C) groups is 1. The number of hydrogen-bond acceptors (Lipinski definition) is 4. The van der Waals surface area contributed by atoms with Crippen LogP contribution in [0.1, 0.15) is 27.0 Å². The fourth-order valence-electron chi connectivity index (χ4n) is 3.16. The SMILES string of the molecule is Cc1cccc(C(=O)NC(=NCCN2CCOCC2)Nc2ccc(C)c(C)c2)c1. The van der Waals surface area contributed by atoms with Crippen molar-refractivity contribution in [2.45, 2.75) is 20.8 Å². The van der Waals surface area contributed by atoms with Crippen LogP contribution in [0.25, 0.3) is 0 Å². The van der Waals surface area contributed by atoms with Crippen LogP contribution in [-0.4, -0.2) is 56.2 Å². The van der Waals surface area contributed by atoms with E-state index in [1.54, 1.807) is 0 Å². The van der Waals surface area contributed by atoms with Crippen LogP contribution >= 0.6 is 0 Å². The summed E-state index contributed by atoms with van der Waals surface area (Å²) in [5, 5.41) is 6.21. The van der Waals surface area contributed by atoms with Gasteiger partial charge < -0.3 is 10.1 Å². The van der Waals surface area contributed by atoms with Gasteiger partial charge in [-0.05, 0) is 56.2 Å². The van der Waals surface area contributed by atoms with Crippen LogP contribution in [0, 0.1) is 20.8 Å². The molecule has 3 rings (SSSR count). The van der Waals surface area contributed by atoms with E-state index in [9.17, 15) is 4.79 Å². The summed E-state index contributed by atoms with van der Waals surface area (Å²) in [6.07, 6.45) is 0. The van der Waals surface area contributed by atoms with Gasteiger partial charge in [0.2, 0.25) is 5.96 Å². The first-order valence-corrected chi connectivity index (χ1v) is 10.1. The highest BCUT2D eigenvalue weighted by atomic mass is 16.5. The number of morpholine rings is 1. The first kappa shape index (κ1) is 21.0. The minimum Gasteiger partial charge on any atom is -0.379 e. The topological polar surface area (TPSA) is 66.0 Å². The Morgan fingerprint density at radius 1 is 1.07 bits per heavy atom. The van der Waals surface area contributed by atoms with Crippen LogP contribution in [0.4, 0.5) is 5.69 Å². The van der Waals surface area contributed by atoms with Crippen LogP contribution in [0.5, 0.6) is 0 Å². The lowest BCUT2D eigenvalue weighted by Crippen LogP contribution is -2.39. The minimum atomic E-state index is -0.171. The van der Waals surface area contributed by atoms with E-state index in [2.05, 4.69) is 46.5 Å². The number of ether oxygens (including phenoxy) is 1. The number of guanidine groups is 1. The molecule has 0 aliphatic carbocycles. The average molecular weight is 395 g/mol. The van der Waals surface area contributed by atoms with Gasteiger partial charge >= 0.3 is 0 Å². The summed E-state index contributed by atoms with van der Waals surface area (Å²) in [5.74, 6) is 0.295. The standard InChI is InChI=1S/C23H30N4O2/c1-17-5-4-6-20(15-17)22(28)26-23(24-9-10-27-11-13-29-14-12-27)25-21-8-7-18(2)19(3)16-21/h4-8,15-16H,9-14H2,1-3H3,(H2,24,25,26,28). The second-order valence-electron chi connectivity index (χ2n) is 7.43. The molecule has 154 valence electrons. The highest BCUT2D eigenvalue weighted by Crippen LogP contribution is 2.14. The van der Waals surface area contributed by atoms with E-state index in [-0.39, 0.29) is 5.91 Å². The van der Waals surface area contributed by atoms with Gasteiger partial charge in [0.25, 0.3) is 5.91 Å². The largest absolute Gasteiger partial charge is 0.379 e. The molecular formula is C23H30N4O2. The molecule has 0 atom stereocenters. The zero-order chi connectivity index (χ0) is 20.6. The monoisotopic (exact) mass is 394 g/mol. The molecule has 0 spiro atoms. The Bertz CT molecular complexity index is 873. The number of nitrogens with one attached hydrogen (secondary N) is 2. The number of carbonyl (C=O) groups excluding carboxylic acids is 1. The summed E-state index contributed by atoms with van der Waals surface area (Å²) in [4.78, 5) is 19.7. The Kier molecular flexibility index (Phi) is 7.38. The maximum absolute atomic E-state index is 12.7. The van der Waals surface area contributed by atoms with Crippen LogP contribution in [0.15, 0.2) is 47.5 Å². The van der Waals surface area contributed by atoms with Gasteiger partial charge in [-0.2, -0.15) is 0 Å². The molecule has 6 nitrogen and oxygen atoms in total. The second-order valence-corrected chi connectivity index (χ2v) is 7.43. The predicted molar refractivity (Wildman–Crippen MR) is 118 cm³/mol. The molecule has 2 aromatic rings. The molecule has 1 heterocycles. The number of nitrogens with zero attached hydrogens (tertiary/aromatic N) is 2. The van der Waals surface area contributed by atoms with Gasteiger partial charge in [0, 0.05) is 30.9 Å². The van der Waals surface area contributed by atoms with E-state index in [4.69, 9.17) is 4.74 Å². The third-order valence-corrected chi connectivity index (χ3v) is 5.07. The predicted octanol–water partition coefficient (Wildman–Crippen LogP) is 3.14. The Morgan fingerprint density at radius 2 is 1.86 bits per heavy atom. The fourth-order valence-corrected chi connectivity index (χ4v) is 3.16. The van der Waals surface area contributed by atoms with Crippen LogP contribution in [0.3, 0.4) is 0 Å². The van der Waals surface area contributed by atoms with Crippen LogP contribution in [-0.2, 0) is 4.74 Å². The molecule has 1 aliphatic heterocycles. The van der Waals surface area contributed by atoms with E-state index in [1.807, 2.05) is 37.3 Å². The van der Waals surface area contributed by atoms with Crippen molar-refractivity contribution in [2.24, 2.45) is 4.99 Å². The Balaban J connectivity index is 1.71. The molecule has 1 fully saturated rings. The number of anilines is 1. The molecule has 2 aromatic carbocycles. The molecular weight excluding hydrogens is 364 g/mol. The lowest BCUT2D eigenvalue weighted by molar-refractivity contribution is 0.0394. The van der Waals surface area contributed by atoms with Gasteiger partial charge in [-0.15, -0.1) is 0 Å². The van der Waals surface area contributed by atoms with Crippen molar-refractivity contribution in [3.05, 3.63) is 64.7 Å². The lowest BCUT2D eigenvalue weighted by atomic mass is 10.1. The molecule has 0 unspecified atom stereocenters. The highest BCUT2D eigenvalue weighted by Gasteiger charge is 2.12. The van der Waals surface area contributed by atoms with Gasteiger partial charge in [-0.25, -0.2) is 0 Å². The Labute approximate surface area is 173 Å². The molecule has 0 radical (unpaired) electrons. The molecule has 1 saturated heterocycles. The summed E-state index contributed by atoms with van der Waals surface area (Å²) in [7, 11) is 0. The zero-order valence-corrected chi connectivity index (χ0v) is 17.5. The van der Waals surface area contributed by atoms with Crippen molar-refractivity contribution in [3.63, 3.8) is 0 Å². The fraction of sp³-hybridized carbons (Fsp3) is 0.391. The summed E-state index contributed by atoms with van der Waals surface area (Å²) >= 11 is 0. The number of benzene rings is 2. The summed E-state index contributed by atoms with van der Waals surface area (Å²) < 4.78 is 5.39. The van der Waals surface area contributed by atoms with Crippen LogP contribution < -0.4 is 10.6 Å². The van der Waals surface area contributed by atoms with E-state index in [0.717, 1.165) is 44.1 Å². The number of aryl methyl sites for hydroxylation is 3. The van der Waals surface area contributed by atoms with Crippen molar-refractivity contribution in [2.75, 3.05) is 44.7 Å². The van der Waals surface area contributed by atoms with E-state index < -0.39 is 0 Å². The normalized spacial score (nSPS) is 15.2. The smallest absolute Gasteiger partial charge is 0.257 e. The molecule has 1 aliphatic rings. The molecule has 0 bridgehead atoms. The third-order valence-electron chi connectivity index (χ3n) is 5.07. The van der Waals surface area contributed by atoms with Gasteiger partial charge in [0.05, 0.1) is 19.8 Å². The zero-order valence-electron chi connectivity index (χ0n) is 17.5. The van der Waals surface area contributed by atoms with Crippen molar-refractivity contribution >= 4 is 17.6 Å². The maximum atomic E-state index is 12.7. The Hall–Kier alpha value is -2.70. The van der Waals surface area contributed by atoms with E-state index in [0.29, 0.717) is 18.1 Å². The Morgan fingerprint density at radius 3 is 2.59 bits per heavy atom. The maximum Gasteiger partial charge on any atom is 0.257 e. The van der Waals surface area contributed by atoms with Crippen LogP contribution in [0.2, 0.25) is 0 Å². The molecule has 0 saturated carbocycles. The summed E-state index contributed by atoms with van der Waals surface area (Å²) in [6.45, 7) is 10.9. The highest BCUT2D eigenvalue weighted by molar-refractivity contribution is 6.10. The average Bonchev–Trinajstić information content (AvgIpc) is 2.71. The summed E-state index contributed by atoms with van der Waals surface area (Å²) in [5.41, 5.74) is 4.99. The van der Waals surface area contributed by atoms with Gasteiger partial charge in [0.1, 0.15) is 0 Å². The van der Waals surface area contributed by atoms with Crippen molar-refractivity contribution in [1.29, 1.82) is 0 Å². The number of rotatable bonds is 5. The molecule has 1 amide bonds. The van der Waals surface area contributed by atoms with Crippen molar-refractivity contribution in [3.8, 4) is 0 Å². The minimum absolute atomic E-state index is 0.171. The van der Waals surface area contributed by atoms with E-state index in [1.165, 1.54) is 11.1 Å². The first-order chi connectivity index (χ1) is 14.0. The number of amides is 1. The molecule has 2 N–H and O–H groups in total. The molecule has 0 aromatic heterocycles. The lowest BCUT2D eigenvalue weighted by Gasteiger charge is -2.25. The van der Waals surface area contributed by atoms with Crippen molar-refractivity contribution < 1.29 is 9.53 Å². The second kappa shape index (κ2) is 10.2. The molecule has 29 heavy (non-hydrogen) atoms. The van der Waals surface area contributed by atoms with Gasteiger partial charge in [0.15, 0.2) is 0 Å². The quantitative estimate of drug-likeness (QED) is 0.604. The van der Waals surface area contributed by atoms with E-state index >= 15 is 0 Å². The molecule has 6 heteroatoms. The third kappa shape index (κ3) is 6.41. The number of hydrogen-bond donors (Lipinski definition) is 2. The van der Waals surface area contributed by atoms with Gasteiger partial charge in [-0.1, -0.05) is 23.8 Å². The van der Waals surface area contributed by atoms with Gasteiger partial charge in [-0.3, -0.25) is 20.0 Å².